The predicted molar refractivity (Wildman–Crippen MR) is 85.6 cm³/mol. The second-order valence-corrected chi connectivity index (χ2v) is 7.16. The van der Waals surface area contributed by atoms with Gasteiger partial charge in [-0.15, -0.1) is 0 Å². The lowest BCUT2D eigenvalue weighted by Gasteiger charge is -2.51. The average molecular weight is 266 g/mol. The van der Waals surface area contributed by atoms with Crippen molar-refractivity contribution in [2.24, 2.45) is 23.7 Å². The fraction of sp³-hybridized carbons (Fsp3) is 0.556. The molecule has 0 amide bonds. The number of benzene rings is 1. The number of hydrogen-bond donors (Lipinski definition) is 0. The van der Waals surface area contributed by atoms with Gasteiger partial charge >= 0.3 is 0 Å². The lowest BCUT2D eigenvalue weighted by atomic mass is 9.54. The largest absolute Gasteiger partial charge is 0.496 e. The Morgan fingerprint density at radius 3 is 2.25 bits per heavy atom. The van der Waals surface area contributed by atoms with Crippen molar-refractivity contribution in [1.82, 2.24) is 0 Å². The van der Waals surface area contributed by atoms with Crippen LogP contribution in [0.5, 0.6) is 0 Å². The molecule has 5 rings (SSSR count). The zero-order valence-electron chi connectivity index (χ0n) is 12.6. The Balaban J connectivity index is 1.79. The van der Waals surface area contributed by atoms with Crippen LogP contribution in [0.3, 0.4) is 0 Å². The Kier molecular flexibility index (Phi) is 2.94. The first kappa shape index (κ1) is 12.6. The van der Waals surface area contributed by atoms with Crippen LogP contribution in [0.4, 0.5) is 0 Å². The molecule has 0 aliphatic heterocycles. The molecule has 0 N–H and O–H groups in total. The van der Waals surface area contributed by atoms with Crippen molar-refractivity contribution in [1.29, 1.82) is 0 Å². The molecule has 4 saturated carbocycles. The van der Waals surface area contributed by atoms with Gasteiger partial charge in [0, 0.05) is 5.56 Å². The summed E-state index contributed by atoms with van der Waals surface area (Å²) in [4.78, 5) is 0. The molecule has 0 heterocycles. The van der Waals surface area contributed by atoms with E-state index >= 15 is 0 Å². The molecular weight excluding hydrogens is 243 g/mol. The van der Waals surface area contributed by atoms with E-state index in [0.29, 0.717) is 0 Å². The normalized spacial score (nSPS) is 34.4. The van der Waals surface area contributed by atoms with Crippen molar-refractivity contribution in [3.8, 4) is 0 Å². The van der Waals surface area contributed by atoms with Crippen molar-refractivity contribution in [3.05, 3.63) is 35.4 Å². The van der Waals surface area contributed by atoms with Crippen LogP contribution in [0.25, 0.3) is 5.76 Å². The minimum absolute atomic E-state index is 0.807. The summed E-state index contributed by atoms with van der Waals surface area (Å²) in [5.74, 6) is 4.83. The summed E-state index contributed by atoms with van der Waals surface area (Å²) in [5.41, 5.74) is 4.27. The SMILES string of the molecule is Bc1cccc(C(OC)=C2C3CC4CC(C3)CC2C4)c1. The lowest BCUT2D eigenvalue weighted by Crippen LogP contribution is -2.40. The Labute approximate surface area is 122 Å². The van der Waals surface area contributed by atoms with Crippen LogP contribution in [0.1, 0.15) is 37.7 Å². The highest BCUT2D eigenvalue weighted by atomic mass is 16.5. The van der Waals surface area contributed by atoms with Crippen molar-refractivity contribution >= 4 is 19.1 Å². The quantitative estimate of drug-likeness (QED) is 0.591. The topological polar surface area (TPSA) is 9.23 Å². The fourth-order valence-electron chi connectivity index (χ4n) is 5.25. The van der Waals surface area contributed by atoms with Crippen LogP contribution in [-0.4, -0.2) is 15.0 Å². The van der Waals surface area contributed by atoms with Gasteiger partial charge in [0.2, 0.25) is 0 Å². The van der Waals surface area contributed by atoms with E-state index in [-0.39, 0.29) is 0 Å². The van der Waals surface area contributed by atoms with Crippen LogP contribution >= 0.6 is 0 Å². The molecular formula is C18H23BO. The zero-order valence-corrected chi connectivity index (χ0v) is 12.6. The molecule has 2 heteroatoms. The Morgan fingerprint density at radius 1 is 1.05 bits per heavy atom. The monoisotopic (exact) mass is 266 g/mol. The van der Waals surface area contributed by atoms with Crippen molar-refractivity contribution < 1.29 is 4.74 Å². The van der Waals surface area contributed by atoms with Gasteiger partial charge in [0.05, 0.1) is 7.11 Å². The average Bonchev–Trinajstić information content (AvgIpc) is 2.42. The zero-order chi connectivity index (χ0) is 13.7. The second kappa shape index (κ2) is 4.68. The van der Waals surface area contributed by atoms with E-state index in [4.69, 9.17) is 4.74 Å². The molecule has 0 unspecified atom stereocenters. The smallest absolute Gasteiger partial charge is 0.139 e. The molecule has 4 aliphatic carbocycles. The van der Waals surface area contributed by atoms with Crippen LogP contribution in [0, 0.1) is 23.7 Å². The molecule has 4 fully saturated rings. The third kappa shape index (κ3) is 1.92. The van der Waals surface area contributed by atoms with E-state index in [1.54, 1.807) is 5.57 Å². The number of ether oxygens (including phenoxy) is 1. The summed E-state index contributed by atoms with van der Waals surface area (Å²) < 4.78 is 5.90. The molecule has 0 saturated heterocycles. The van der Waals surface area contributed by atoms with Gasteiger partial charge in [-0.3, -0.25) is 0 Å². The van der Waals surface area contributed by atoms with Crippen LogP contribution in [0.2, 0.25) is 0 Å². The lowest BCUT2D eigenvalue weighted by molar-refractivity contribution is 0.0675. The molecule has 0 aromatic heterocycles. The maximum Gasteiger partial charge on any atom is 0.139 e. The van der Waals surface area contributed by atoms with Crippen LogP contribution in [-0.2, 0) is 4.74 Å². The second-order valence-electron chi connectivity index (χ2n) is 7.16. The standard InChI is InChI=1S/C18H23BO/c1-20-18(13-3-2-4-16(19)10-13)17-14-6-11-5-12(8-14)9-15(17)7-11/h2-4,10-12,14-15H,5-9,19H2,1H3. The van der Waals surface area contributed by atoms with Gasteiger partial charge in [0.25, 0.3) is 0 Å². The number of methoxy groups -OCH3 is 1. The van der Waals surface area contributed by atoms with Gasteiger partial charge in [0.1, 0.15) is 13.6 Å². The maximum absolute atomic E-state index is 5.90. The predicted octanol–water partition coefficient (Wildman–Crippen LogP) is 2.76. The highest BCUT2D eigenvalue weighted by molar-refractivity contribution is 6.32. The molecule has 20 heavy (non-hydrogen) atoms. The van der Waals surface area contributed by atoms with E-state index in [0.717, 1.165) is 23.7 Å². The summed E-state index contributed by atoms with van der Waals surface area (Å²) in [7, 11) is 4.02. The molecule has 4 bridgehead atoms. The van der Waals surface area contributed by atoms with E-state index in [1.807, 2.05) is 7.11 Å². The van der Waals surface area contributed by atoms with Gasteiger partial charge in [-0.05, 0) is 61.3 Å². The fourth-order valence-corrected chi connectivity index (χ4v) is 5.25. The van der Waals surface area contributed by atoms with E-state index < -0.39 is 0 Å². The third-order valence-corrected chi connectivity index (χ3v) is 5.76. The van der Waals surface area contributed by atoms with Crippen molar-refractivity contribution in [3.63, 3.8) is 0 Å². The summed E-state index contributed by atoms with van der Waals surface area (Å²) in [6.45, 7) is 0. The van der Waals surface area contributed by atoms with Gasteiger partial charge in [-0.1, -0.05) is 29.7 Å². The molecule has 1 aromatic carbocycles. The number of rotatable bonds is 2. The Hall–Kier alpha value is -1.18. The number of allylic oxidation sites excluding steroid dienone is 1. The first-order valence-electron chi connectivity index (χ1n) is 8.09. The van der Waals surface area contributed by atoms with Gasteiger partial charge < -0.3 is 4.74 Å². The number of hydrogen-bond acceptors (Lipinski definition) is 1. The van der Waals surface area contributed by atoms with E-state index in [9.17, 15) is 0 Å². The van der Waals surface area contributed by atoms with Gasteiger partial charge in [-0.25, -0.2) is 0 Å². The summed E-state index contributed by atoms with van der Waals surface area (Å²) in [5, 5.41) is 0. The summed E-state index contributed by atoms with van der Waals surface area (Å²) >= 11 is 0. The molecule has 0 spiro atoms. The molecule has 104 valence electrons. The Morgan fingerprint density at radius 2 is 1.70 bits per heavy atom. The van der Waals surface area contributed by atoms with Crippen LogP contribution < -0.4 is 5.46 Å². The molecule has 0 atom stereocenters. The van der Waals surface area contributed by atoms with E-state index in [1.165, 1.54) is 48.9 Å². The first-order valence-corrected chi connectivity index (χ1v) is 8.09. The first-order chi connectivity index (χ1) is 9.74. The third-order valence-electron chi connectivity index (χ3n) is 5.76. The molecule has 1 nitrogen and oxygen atoms in total. The van der Waals surface area contributed by atoms with Gasteiger partial charge in [-0.2, -0.15) is 0 Å². The highest BCUT2D eigenvalue weighted by Gasteiger charge is 2.46. The minimum Gasteiger partial charge on any atom is -0.496 e. The minimum atomic E-state index is 0.807. The van der Waals surface area contributed by atoms with Crippen LogP contribution in [0.15, 0.2) is 29.8 Å². The molecule has 1 aromatic rings. The highest BCUT2D eigenvalue weighted by Crippen LogP contribution is 2.57. The van der Waals surface area contributed by atoms with Crippen molar-refractivity contribution in [2.45, 2.75) is 32.1 Å². The molecule has 4 aliphatic rings. The maximum atomic E-state index is 5.90. The van der Waals surface area contributed by atoms with Crippen molar-refractivity contribution in [2.75, 3.05) is 7.11 Å². The molecule has 0 radical (unpaired) electrons. The van der Waals surface area contributed by atoms with Gasteiger partial charge in [0.15, 0.2) is 0 Å². The van der Waals surface area contributed by atoms with E-state index in [2.05, 4.69) is 32.1 Å². The summed E-state index contributed by atoms with van der Waals surface area (Å²) in [6.07, 6.45) is 7.18. The Bertz CT molecular complexity index is 530. The summed E-state index contributed by atoms with van der Waals surface area (Å²) in [6, 6.07) is 8.81.